The summed E-state index contributed by atoms with van der Waals surface area (Å²) in [5.74, 6) is -0.643. The van der Waals surface area contributed by atoms with E-state index < -0.39 is 0 Å². The SMILES string of the molecule is N#CCN(C(=O)CSc1nc2ccccc2c(=O)n1Cc1ccc(F)cc1)c1ccccc1. The van der Waals surface area contributed by atoms with Crippen LogP contribution in [-0.2, 0) is 11.3 Å². The molecule has 33 heavy (non-hydrogen) atoms. The van der Waals surface area contributed by atoms with Crippen molar-refractivity contribution in [3.8, 4) is 6.07 Å². The first kappa shape index (κ1) is 22.2. The highest BCUT2D eigenvalue weighted by molar-refractivity contribution is 7.99. The monoisotopic (exact) mass is 458 g/mol. The van der Waals surface area contributed by atoms with Crippen molar-refractivity contribution in [2.75, 3.05) is 17.2 Å². The smallest absolute Gasteiger partial charge is 0.262 e. The van der Waals surface area contributed by atoms with E-state index in [1.807, 2.05) is 12.1 Å². The molecule has 6 nitrogen and oxygen atoms in total. The van der Waals surface area contributed by atoms with Crippen molar-refractivity contribution < 1.29 is 9.18 Å². The number of hydrogen-bond acceptors (Lipinski definition) is 5. The van der Waals surface area contributed by atoms with Gasteiger partial charge in [-0.15, -0.1) is 0 Å². The highest BCUT2D eigenvalue weighted by atomic mass is 32.2. The molecule has 0 saturated heterocycles. The van der Waals surface area contributed by atoms with Gasteiger partial charge in [-0.25, -0.2) is 9.37 Å². The molecular weight excluding hydrogens is 439 g/mol. The maximum atomic E-state index is 13.3. The molecule has 0 N–H and O–H groups in total. The summed E-state index contributed by atoms with van der Waals surface area (Å²) in [6.45, 7) is 0.102. The number of hydrogen-bond donors (Lipinski definition) is 0. The van der Waals surface area contributed by atoms with Gasteiger partial charge in [0.05, 0.1) is 29.3 Å². The Balaban J connectivity index is 1.66. The minimum atomic E-state index is -0.360. The van der Waals surface area contributed by atoms with E-state index in [1.54, 1.807) is 60.7 Å². The first-order chi connectivity index (χ1) is 16.1. The summed E-state index contributed by atoms with van der Waals surface area (Å²) in [6, 6.07) is 23.9. The molecule has 0 spiro atoms. The number of aromatic nitrogens is 2. The number of benzene rings is 3. The molecule has 0 saturated carbocycles. The summed E-state index contributed by atoms with van der Waals surface area (Å²) in [5, 5.41) is 10.0. The van der Waals surface area contributed by atoms with Crippen LogP contribution in [0.25, 0.3) is 10.9 Å². The van der Waals surface area contributed by atoms with E-state index >= 15 is 0 Å². The van der Waals surface area contributed by atoms with Gasteiger partial charge in [0.2, 0.25) is 5.91 Å². The Morgan fingerprint density at radius 3 is 2.45 bits per heavy atom. The number of carbonyl (C=O) groups excluding carboxylic acids is 1. The molecule has 3 aromatic carbocycles. The van der Waals surface area contributed by atoms with Crippen LogP contribution in [0.1, 0.15) is 5.56 Å². The lowest BCUT2D eigenvalue weighted by Crippen LogP contribution is -2.33. The van der Waals surface area contributed by atoms with Gasteiger partial charge in [0.15, 0.2) is 5.16 Å². The molecule has 1 aromatic heterocycles. The molecule has 164 valence electrons. The maximum absolute atomic E-state index is 13.3. The largest absolute Gasteiger partial charge is 0.298 e. The average molecular weight is 459 g/mol. The van der Waals surface area contributed by atoms with Gasteiger partial charge in [-0.1, -0.05) is 54.2 Å². The van der Waals surface area contributed by atoms with Crippen molar-refractivity contribution in [1.82, 2.24) is 9.55 Å². The summed E-state index contributed by atoms with van der Waals surface area (Å²) in [7, 11) is 0. The summed E-state index contributed by atoms with van der Waals surface area (Å²) < 4.78 is 14.8. The molecule has 0 fully saturated rings. The van der Waals surface area contributed by atoms with Gasteiger partial charge >= 0.3 is 0 Å². The molecule has 0 aliphatic carbocycles. The van der Waals surface area contributed by atoms with Crippen LogP contribution in [0.4, 0.5) is 10.1 Å². The van der Waals surface area contributed by atoms with Crippen LogP contribution in [0.2, 0.25) is 0 Å². The number of amides is 1. The molecule has 0 atom stereocenters. The van der Waals surface area contributed by atoms with Gasteiger partial charge in [-0.3, -0.25) is 19.1 Å². The Kier molecular flexibility index (Phi) is 6.81. The van der Waals surface area contributed by atoms with Crippen LogP contribution in [0.5, 0.6) is 0 Å². The maximum Gasteiger partial charge on any atom is 0.262 e. The highest BCUT2D eigenvalue weighted by Gasteiger charge is 2.18. The highest BCUT2D eigenvalue weighted by Crippen LogP contribution is 2.21. The zero-order valence-electron chi connectivity index (χ0n) is 17.5. The Labute approximate surface area is 193 Å². The Bertz CT molecular complexity index is 1380. The van der Waals surface area contributed by atoms with Crippen molar-refractivity contribution in [1.29, 1.82) is 5.26 Å². The van der Waals surface area contributed by atoms with Crippen molar-refractivity contribution in [2.24, 2.45) is 0 Å². The Morgan fingerprint density at radius 2 is 1.73 bits per heavy atom. The summed E-state index contributed by atoms with van der Waals surface area (Å²) >= 11 is 1.13. The molecule has 4 aromatic rings. The number of thioether (sulfide) groups is 1. The number of fused-ring (bicyclic) bond motifs is 1. The van der Waals surface area contributed by atoms with Crippen molar-refractivity contribution >= 4 is 34.3 Å². The number of nitrogens with zero attached hydrogens (tertiary/aromatic N) is 4. The third-order valence-corrected chi connectivity index (χ3v) is 5.96. The van der Waals surface area contributed by atoms with E-state index in [0.29, 0.717) is 21.7 Å². The standard InChI is InChI=1S/C25H19FN4O2S/c26-19-12-10-18(11-13-19)16-30-24(32)21-8-4-5-9-22(21)28-25(30)33-17-23(31)29(15-14-27)20-6-2-1-3-7-20/h1-13H,15-17H2. The van der Waals surface area contributed by atoms with E-state index in [2.05, 4.69) is 4.98 Å². The first-order valence-electron chi connectivity index (χ1n) is 10.2. The lowest BCUT2D eigenvalue weighted by molar-refractivity contribution is -0.116. The van der Waals surface area contributed by atoms with E-state index in [-0.39, 0.29) is 36.1 Å². The minimum Gasteiger partial charge on any atom is -0.298 e. The second kappa shape index (κ2) is 10.1. The van der Waals surface area contributed by atoms with E-state index in [1.165, 1.54) is 21.6 Å². The van der Waals surface area contributed by atoms with Crippen molar-refractivity contribution in [3.63, 3.8) is 0 Å². The molecule has 0 radical (unpaired) electrons. The number of nitriles is 1. The zero-order chi connectivity index (χ0) is 23.2. The summed E-state index contributed by atoms with van der Waals surface area (Å²) in [4.78, 5) is 32.2. The molecule has 0 bridgehead atoms. The average Bonchev–Trinajstić information content (AvgIpc) is 2.85. The molecule has 0 aliphatic heterocycles. The number of anilines is 1. The van der Waals surface area contributed by atoms with E-state index in [0.717, 1.165) is 17.3 Å². The van der Waals surface area contributed by atoms with Crippen LogP contribution in [0.15, 0.2) is 88.8 Å². The summed E-state index contributed by atoms with van der Waals surface area (Å²) in [5.41, 5.74) is 1.65. The third kappa shape index (κ3) is 5.10. The van der Waals surface area contributed by atoms with Gasteiger partial charge in [0.25, 0.3) is 5.56 Å². The fourth-order valence-electron chi connectivity index (χ4n) is 3.38. The van der Waals surface area contributed by atoms with E-state index in [9.17, 15) is 19.2 Å². The van der Waals surface area contributed by atoms with Gasteiger partial charge in [-0.05, 0) is 42.0 Å². The normalized spacial score (nSPS) is 10.7. The van der Waals surface area contributed by atoms with Crippen molar-refractivity contribution in [2.45, 2.75) is 11.7 Å². The van der Waals surface area contributed by atoms with E-state index in [4.69, 9.17) is 0 Å². The topological polar surface area (TPSA) is 79.0 Å². The molecule has 1 amide bonds. The van der Waals surface area contributed by atoms with Crippen LogP contribution < -0.4 is 10.5 Å². The second-order valence-corrected chi connectivity index (χ2v) is 8.13. The lowest BCUT2D eigenvalue weighted by Gasteiger charge is -2.20. The van der Waals surface area contributed by atoms with Crippen molar-refractivity contribution in [3.05, 3.63) is 101 Å². The van der Waals surface area contributed by atoms with Gasteiger partial charge < -0.3 is 0 Å². The van der Waals surface area contributed by atoms with Crippen LogP contribution >= 0.6 is 11.8 Å². The number of halogens is 1. The Morgan fingerprint density at radius 1 is 1.03 bits per heavy atom. The van der Waals surface area contributed by atoms with Gasteiger partial charge in [0, 0.05) is 5.69 Å². The molecule has 0 unspecified atom stereocenters. The first-order valence-corrected chi connectivity index (χ1v) is 11.1. The van der Waals surface area contributed by atoms with Gasteiger partial charge in [0.1, 0.15) is 12.4 Å². The fourth-order valence-corrected chi connectivity index (χ4v) is 4.25. The number of para-hydroxylation sites is 2. The van der Waals surface area contributed by atoms with Crippen LogP contribution in [0.3, 0.4) is 0 Å². The molecule has 8 heteroatoms. The predicted molar refractivity (Wildman–Crippen MR) is 127 cm³/mol. The van der Waals surface area contributed by atoms with Gasteiger partial charge in [-0.2, -0.15) is 5.26 Å². The quantitative estimate of drug-likeness (QED) is 0.235. The minimum absolute atomic E-state index is 0.00915. The summed E-state index contributed by atoms with van der Waals surface area (Å²) in [6.07, 6.45) is 0. The van der Waals surface area contributed by atoms with Crippen LogP contribution in [0, 0.1) is 17.1 Å². The molecule has 0 aliphatic rings. The van der Waals surface area contributed by atoms with Crippen LogP contribution in [-0.4, -0.2) is 27.8 Å². The number of carbonyl (C=O) groups is 1. The lowest BCUT2D eigenvalue weighted by atomic mass is 10.2. The molecule has 4 rings (SSSR count). The second-order valence-electron chi connectivity index (χ2n) is 7.19. The molecule has 1 heterocycles. The zero-order valence-corrected chi connectivity index (χ0v) is 18.3. The number of rotatable bonds is 7. The fraction of sp³-hybridized carbons (Fsp3) is 0.120. The third-order valence-electron chi connectivity index (χ3n) is 5.00. The predicted octanol–water partition coefficient (Wildman–Crippen LogP) is 4.23. The Hall–Kier alpha value is -3.96. The molecular formula is C25H19FN4O2S.